The minimum atomic E-state index is -0.695. The summed E-state index contributed by atoms with van der Waals surface area (Å²) in [6.07, 6.45) is 38.3. The maximum Gasteiger partial charge on any atom is 0.0786 e. The van der Waals surface area contributed by atoms with Gasteiger partial charge in [0.15, 0.2) is 0 Å². The lowest BCUT2D eigenvalue weighted by Gasteiger charge is -2.40. The molecule has 230 valence electrons. The third kappa shape index (κ3) is 20.3. The summed E-state index contributed by atoms with van der Waals surface area (Å²) in [6.45, 7) is 20.2. The van der Waals surface area contributed by atoms with E-state index in [1.54, 1.807) is 24.6 Å². The largest absolute Gasteiger partial charge is 0.324 e. The number of hydrogen-bond donors (Lipinski definition) is 0. The Morgan fingerprint density at radius 3 is 0.868 bits per heavy atom. The quantitative estimate of drug-likeness (QED) is 0.0453. The molecule has 0 heterocycles. The zero-order valence-electron chi connectivity index (χ0n) is 28.1. The molecule has 0 bridgehead atoms. The van der Waals surface area contributed by atoms with Gasteiger partial charge in [-0.2, -0.15) is 0 Å². The van der Waals surface area contributed by atoms with E-state index >= 15 is 0 Å². The summed E-state index contributed by atoms with van der Waals surface area (Å²) in [5.41, 5.74) is 0. The molecule has 0 fully saturated rings. The lowest BCUT2D eigenvalue weighted by Crippen LogP contribution is -2.50. The molecule has 2 heteroatoms. The predicted octanol–water partition coefficient (Wildman–Crippen LogP) is 12.5. The first-order chi connectivity index (χ1) is 18.6. The van der Waals surface area contributed by atoms with Crippen molar-refractivity contribution >= 4 is 7.26 Å². The molecule has 0 N–H and O–H groups in total. The van der Waals surface area contributed by atoms with Crippen LogP contribution in [-0.2, 0) is 0 Å². The van der Waals surface area contributed by atoms with Crippen molar-refractivity contribution in [3.8, 4) is 0 Å². The Hall–Kier alpha value is 0.390. The first kappa shape index (κ1) is 38.4. The van der Waals surface area contributed by atoms with Crippen molar-refractivity contribution in [3.05, 3.63) is 0 Å². The van der Waals surface area contributed by atoms with Crippen molar-refractivity contribution in [2.75, 3.05) is 50.8 Å². The van der Waals surface area contributed by atoms with Crippen molar-refractivity contribution in [3.63, 3.8) is 0 Å². The normalized spacial score (nSPS) is 12.5. The first-order valence-corrected chi connectivity index (χ1v) is 20.8. The summed E-state index contributed by atoms with van der Waals surface area (Å²) in [5.74, 6) is 0. The second-order valence-corrected chi connectivity index (χ2v) is 17.6. The highest BCUT2D eigenvalue weighted by Crippen LogP contribution is 2.61. The van der Waals surface area contributed by atoms with Crippen LogP contribution in [0.15, 0.2) is 0 Å². The molecular weight excluding hydrogens is 477 g/mol. The molecule has 0 unspecified atom stereocenters. The van der Waals surface area contributed by atoms with Crippen molar-refractivity contribution in [2.45, 2.75) is 183 Å². The van der Waals surface area contributed by atoms with Crippen LogP contribution in [0.1, 0.15) is 183 Å². The molecule has 0 atom stereocenters. The van der Waals surface area contributed by atoms with Crippen LogP contribution >= 0.6 is 7.26 Å². The number of nitrogens with zero attached hydrogens (tertiary/aromatic N) is 1. The summed E-state index contributed by atoms with van der Waals surface area (Å²) >= 11 is 0. The van der Waals surface area contributed by atoms with Gasteiger partial charge in [0.2, 0.25) is 0 Å². The van der Waals surface area contributed by atoms with Crippen LogP contribution in [0.4, 0.5) is 0 Å². The van der Waals surface area contributed by atoms with Gasteiger partial charge >= 0.3 is 0 Å². The number of rotatable bonds is 31. The second-order valence-electron chi connectivity index (χ2n) is 13.1. The molecule has 0 amide bonds. The van der Waals surface area contributed by atoms with Crippen LogP contribution in [-0.4, -0.2) is 55.3 Å². The average molecular weight is 556 g/mol. The van der Waals surface area contributed by atoms with Crippen LogP contribution in [0, 0.1) is 0 Å². The van der Waals surface area contributed by atoms with Crippen LogP contribution in [0.25, 0.3) is 0 Å². The van der Waals surface area contributed by atoms with Gasteiger partial charge in [-0.25, -0.2) is 0 Å². The van der Waals surface area contributed by atoms with E-state index in [1.807, 2.05) is 0 Å². The van der Waals surface area contributed by atoms with Crippen LogP contribution in [0.3, 0.4) is 0 Å². The van der Waals surface area contributed by atoms with Crippen LogP contribution < -0.4 is 0 Å². The SMILES string of the molecule is CCCCCC[N+](CCCCCC)(CCCCCC)CCCCCC[P+](CCCC)(CCCC)CCCC. The Balaban J connectivity index is 5.01. The fourth-order valence-electron chi connectivity index (χ4n) is 6.69. The molecule has 0 aromatic carbocycles. The van der Waals surface area contributed by atoms with Crippen molar-refractivity contribution in [2.24, 2.45) is 0 Å². The van der Waals surface area contributed by atoms with E-state index in [0.717, 1.165) is 0 Å². The minimum Gasteiger partial charge on any atom is -0.324 e. The molecule has 1 nitrogen and oxygen atoms in total. The third-order valence-corrected chi connectivity index (χ3v) is 14.5. The minimum absolute atomic E-state index is 0.695. The molecular formula is C36H78NP+2. The van der Waals surface area contributed by atoms with Gasteiger partial charge in [0.25, 0.3) is 0 Å². The van der Waals surface area contributed by atoms with E-state index in [9.17, 15) is 0 Å². The van der Waals surface area contributed by atoms with Crippen LogP contribution in [0.5, 0.6) is 0 Å². The molecule has 0 rings (SSSR count). The summed E-state index contributed by atoms with van der Waals surface area (Å²) in [4.78, 5) is 0. The summed E-state index contributed by atoms with van der Waals surface area (Å²) < 4.78 is 1.47. The molecule has 0 aromatic heterocycles. The molecule has 0 aliphatic heterocycles. The average Bonchev–Trinajstić information content (AvgIpc) is 2.94. The monoisotopic (exact) mass is 556 g/mol. The Labute approximate surface area is 245 Å². The second kappa shape index (κ2) is 27.6. The van der Waals surface area contributed by atoms with E-state index < -0.39 is 7.26 Å². The number of hydrogen-bond acceptors (Lipinski definition) is 0. The summed E-state index contributed by atoms with van der Waals surface area (Å²) in [7, 11) is -0.695. The number of quaternary nitrogens is 1. The van der Waals surface area contributed by atoms with Gasteiger partial charge in [-0.05, 0) is 83.5 Å². The molecule has 0 saturated heterocycles. The molecule has 0 spiro atoms. The first-order valence-electron chi connectivity index (χ1n) is 18.3. The Morgan fingerprint density at radius 1 is 0.289 bits per heavy atom. The number of unbranched alkanes of at least 4 members (excludes halogenated alkanes) is 15. The highest BCUT2D eigenvalue weighted by molar-refractivity contribution is 7.75. The zero-order chi connectivity index (χ0) is 28.2. The van der Waals surface area contributed by atoms with E-state index in [-0.39, 0.29) is 0 Å². The fraction of sp³-hybridized carbons (Fsp3) is 1.00. The summed E-state index contributed by atoms with van der Waals surface area (Å²) in [6, 6.07) is 0. The Bertz CT molecular complexity index is 409. The van der Waals surface area contributed by atoms with E-state index in [4.69, 9.17) is 0 Å². The van der Waals surface area contributed by atoms with Crippen LogP contribution in [0.2, 0.25) is 0 Å². The highest BCUT2D eigenvalue weighted by Gasteiger charge is 2.34. The van der Waals surface area contributed by atoms with E-state index in [0.29, 0.717) is 0 Å². The zero-order valence-corrected chi connectivity index (χ0v) is 29.0. The van der Waals surface area contributed by atoms with Gasteiger partial charge in [-0.15, -0.1) is 0 Å². The predicted molar refractivity (Wildman–Crippen MR) is 182 cm³/mol. The lowest BCUT2D eigenvalue weighted by atomic mass is 10.1. The third-order valence-electron chi connectivity index (χ3n) is 9.43. The van der Waals surface area contributed by atoms with Gasteiger partial charge in [0.1, 0.15) is 0 Å². The maximum absolute atomic E-state index is 2.41. The Morgan fingerprint density at radius 2 is 0.553 bits per heavy atom. The van der Waals surface area contributed by atoms with E-state index in [2.05, 4.69) is 41.5 Å². The van der Waals surface area contributed by atoms with Crippen molar-refractivity contribution in [1.29, 1.82) is 0 Å². The fourth-order valence-corrected chi connectivity index (χ4v) is 11.9. The standard InChI is InChI=1S/C36H78NP/c1-7-13-19-24-29-37(30-25-20-14-8-2,31-26-21-15-9-3)32-27-22-23-28-36-38(33-16-10-4,34-17-11-5)35-18-12-6/h7-36H2,1-6H3/q+2. The molecule has 0 aliphatic carbocycles. The van der Waals surface area contributed by atoms with Gasteiger partial charge in [0.05, 0.1) is 50.8 Å². The maximum atomic E-state index is 2.41. The van der Waals surface area contributed by atoms with Gasteiger partial charge in [-0.1, -0.05) is 99.3 Å². The highest BCUT2D eigenvalue weighted by atomic mass is 31.2. The van der Waals surface area contributed by atoms with Crippen molar-refractivity contribution < 1.29 is 4.48 Å². The van der Waals surface area contributed by atoms with Gasteiger partial charge < -0.3 is 4.48 Å². The smallest absolute Gasteiger partial charge is 0.0786 e. The molecule has 0 aliphatic rings. The summed E-state index contributed by atoms with van der Waals surface area (Å²) in [5, 5.41) is 0. The molecule has 38 heavy (non-hydrogen) atoms. The molecule has 0 aromatic rings. The topological polar surface area (TPSA) is 0 Å². The lowest BCUT2D eigenvalue weighted by molar-refractivity contribution is -0.929. The van der Waals surface area contributed by atoms with Crippen molar-refractivity contribution in [1.82, 2.24) is 0 Å². The van der Waals surface area contributed by atoms with Gasteiger partial charge in [-0.3, -0.25) is 0 Å². The van der Waals surface area contributed by atoms with Gasteiger partial charge in [0, 0.05) is 7.26 Å². The molecule has 0 saturated carbocycles. The van der Waals surface area contributed by atoms with E-state index in [1.165, 1.54) is 172 Å². The Kier molecular flexibility index (Phi) is 27.8. The molecule has 0 radical (unpaired) electrons.